The molecule has 2 aromatic rings. The molecule has 0 aliphatic heterocycles. The van der Waals surface area contributed by atoms with Crippen molar-refractivity contribution in [3.05, 3.63) is 69.8 Å². The zero-order valence-corrected chi connectivity index (χ0v) is 14.8. The molecule has 25 heavy (non-hydrogen) atoms. The number of nitro benzene ring substituents is 1. The Kier molecular flexibility index (Phi) is 6.55. The number of carbonyl (C=O) groups is 1. The summed E-state index contributed by atoms with van der Waals surface area (Å²) in [6, 6.07) is 12.9. The van der Waals surface area contributed by atoms with E-state index >= 15 is 0 Å². The van der Waals surface area contributed by atoms with Gasteiger partial charge < -0.3 is 10.4 Å². The second kappa shape index (κ2) is 8.64. The Morgan fingerprint density at radius 1 is 1.16 bits per heavy atom. The molecule has 6 nitrogen and oxygen atoms in total. The van der Waals surface area contributed by atoms with Gasteiger partial charge in [-0.15, -0.1) is 11.8 Å². The van der Waals surface area contributed by atoms with E-state index in [2.05, 4.69) is 19.2 Å². The predicted octanol–water partition coefficient (Wildman–Crippen LogP) is 3.56. The molecule has 0 radical (unpaired) electrons. The molecule has 0 spiro atoms. The molecule has 2 aromatic carbocycles. The van der Waals surface area contributed by atoms with Crippen molar-refractivity contribution < 1.29 is 14.8 Å². The van der Waals surface area contributed by atoms with Crippen molar-refractivity contribution in [1.82, 2.24) is 5.32 Å². The van der Waals surface area contributed by atoms with Crippen LogP contribution in [0.25, 0.3) is 0 Å². The summed E-state index contributed by atoms with van der Waals surface area (Å²) in [7, 11) is 0. The topological polar surface area (TPSA) is 92.5 Å². The largest absolute Gasteiger partial charge is 0.387 e. The Morgan fingerprint density at radius 3 is 2.28 bits per heavy atom. The summed E-state index contributed by atoms with van der Waals surface area (Å²) in [5.74, 6) is -0.276. The molecule has 0 aliphatic rings. The zero-order chi connectivity index (χ0) is 18.4. The summed E-state index contributed by atoms with van der Waals surface area (Å²) in [6.45, 7) is 4.23. The monoisotopic (exact) mass is 360 g/mol. The molecule has 132 valence electrons. The summed E-state index contributed by atoms with van der Waals surface area (Å²) in [6.07, 6.45) is -0.930. The van der Waals surface area contributed by atoms with Gasteiger partial charge in [-0.25, -0.2) is 0 Å². The van der Waals surface area contributed by atoms with E-state index in [9.17, 15) is 20.0 Å². The highest BCUT2D eigenvalue weighted by atomic mass is 32.2. The second-order valence-electron chi connectivity index (χ2n) is 5.77. The zero-order valence-electron chi connectivity index (χ0n) is 14.0. The van der Waals surface area contributed by atoms with Crippen LogP contribution in [0.1, 0.15) is 35.9 Å². The summed E-state index contributed by atoms with van der Waals surface area (Å²) in [5, 5.41) is 23.9. The smallest absolute Gasteiger partial charge is 0.269 e. The van der Waals surface area contributed by atoms with Crippen molar-refractivity contribution in [3.8, 4) is 0 Å². The molecule has 0 saturated carbocycles. The number of non-ortho nitro benzene ring substituents is 1. The lowest BCUT2D eigenvalue weighted by atomic mass is 10.1. The van der Waals surface area contributed by atoms with Crippen molar-refractivity contribution in [2.75, 3.05) is 6.54 Å². The molecule has 1 atom stereocenters. The summed E-state index contributed by atoms with van der Waals surface area (Å²) in [4.78, 5) is 23.4. The minimum Gasteiger partial charge on any atom is -0.387 e. The van der Waals surface area contributed by atoms with E-state index in [-0.39, 0.29) is 18.1 Å². The van der Waals surface area contributed by atoms with Crippen molar-refractivity contribution >= 4 is 23.4 Å². The number of nitrogens with zero attached hydrogens (tertiary/aromatic N) is 1. The molecule has 7 heteroatoms. The summed E-state index contributed by atoms with van der Waals surface area (Å²) in [5.41, 5.74) is 0.984. The van der Waals surface area contributed by atoms with Gasteiger partial charge in [0.15, 0.2) is 0 Å². The molecule has 0 fully saturated rings. The number of hydrogen-bond donors (Lipinski definition) is 2. The van der Waals surface area contributed by atoms with E-state index in [1.165, 1.54) is 24.3 Å². The van der Waals surface area contributed by atoms with E-state index in [0.717, 1.165) is 4.90 Å². The number of thioether (sulfide) groups is 1. The van der Waals surface area contributed by atoms with Gasteiger partial charge in [-0.05, 0) is 42.0 Å². The van der Waals surface area contributed by atoms with Crippen molar-refractivity contribution in [1.29, 1.82) is 0 Å². The minimum absolute atomic E-state index is 0.0269. The van der Waals surface area contributed by atoms with Crippen molar-refractivity contribution in [2.45, 2.75) is 30.1 Å². The number of nitrogens with one attached hydrogen (secondary N) is 1. The first kappa shape index (κ1) is 19.0. The van der Waals surface area contributed by atoms with Crippen LogP contribution in [0, 0.1) is 10.1 Å². The number of rotatable bonds is 7. The fourth-order valence-electron chi connectivity index (χ4n) is 2.18. The Morgan fingerprint density at radius 2 is 1.76 bits per heavy atom. The van der Waals surface area contributed by atoms with Gasteiger partial charge in [-0.1, -0.05) is 13.8 Å². The summed E-state index contributed by atoms with van der Waals surface area (Å²) < 4.78 is 0. The highest BCUT2D eigenvalue weighted by molar-refractivity contribution is 7.99. The maximum atomic E-state index is 12.1. The molecule has 0 heterocycles. The van der Waals surface area contributed by atoms with Crippen LogP contribution in [0.5, 0.6) is 0 Å². The maximum Gasteiger partial charge on any atom is 0.269 e. The molecular weight excluding hydrogens is 340 g/mol. The number of amides is 1. The van der Waals surface area contributed by atoms with Crippen LogP contribution in [-0.4, -0.2) is 27.7 Å². The minimum atomic E-state index is -0.930. The van der Waals surface area contributed by atoms with Gasteiger partial charge in [0, 0.05) is 34.4 Å². The van der Waals surface area contributed by atoms with Gasteiger partial charge in [-0.3, -0.25) is 14.9 Å². The van der Waals surface area contributed by atoms with Crippen LogP contribution in [0.3, 0.4) is 0 Å². The van der Waals surface area contributed by atoms with E-state index in [0.29, 0.717) is 16.4 Å². The average Bonchev–Trinajstić information content (AvgIpc) is 2.59. The molecule has 2 N–H and O–H groups in total. The molecule has 0 aromatic heterocycles. The SMILES string of the molecule is CC(C)Sc1ccc(C(=O)NC[C@@H](O)c2ccc([N+](=O)[O-])cc2)cc1. The third-order valence-electron chi connectivity index (χ3n) is 3.43. The van der Waals surface area contributed by atoms with Crippen LogP contribution in [0.15, 0.2) is 53.4 Å². The molecule has 0 saturated heterocycles. The predicted molar refractivity (Wildman–Crippen MR) is 97.8 cm³/mol. The normalized spacial score (nSPS) is 12.0. The molecule has 0 aliphatic carbocycles. The van der Waals surface area contributed by atoms with Gasteiger partial charge in [-0.2, -0.15) is 0 Å². The van der Waals surface area contributed by atoms with Gasteiger partial charge in [0.1, 0.15) is 0 Å². The van der Waals surface area contributed by atoms with Gasteiger partial charge in [0.2, 0.25) is 0 Å². The van der Waals surface area contributed by atoms with E-state index < -0.39 is 11.0 Å². The van der Waals surface area contributed by atoms with Gasteiger partial charge in [0.05, 0.1) is 11.0 Å². The van der Waals surface area contributed by atoms with Crippen molar-refractivity contribution in [2.24, 2.45) is 0 Å². The Balaban J connectivity index is 1.91. The van der Waals surface area contributed by atoms with Gasteiger partial charge >= 0.3 is 0 Å². The Labute approximate surface area is 150 Å². The molecule has 0 unspecified atom stereocenters. The third kappa shape index (κ3) is 5.58. The van der Waals surface area contributed by atoms with Gasteiger partial charge in [0.25, 0.3) is 11.6 Å². The summed E-state index contributed by atoms with van der Waals surface area (Å²) >= 11 is 1.72. The number of carbonyl (C=O) groups excluding carboxylic acids is 1. The van der Waals surface area contributed by atoms with E-state index in [4.69, 9.17) is 0 Å². The first-order valence-electron chi connectivity index (χ1n) is 7.84. The fraction of sp³-hybridized carbons (Fsp3) is 0.278. The van der Waals surface area contributed by atoms with E-state index in [1.54, 1.807) is 23.9 Å². The third-order valence-corrected chi connectivity index (χ3v) is 4.45. The standard InChI is InChI=1S/C18H20N2O4S/c1-12(2)25-16-9-5-14(6-10-16)18(22)19-11-17(21)13-3-7-15(8-4-13)20(23)24/h3-10,12,17,21H,11H2,1-2H3,(H,19,22)/t17-/m1/s1. The highest BCUT2D eigenvalue weighted by Gasteiger charge is 2.13. The lowest BCUT2D eigenvalue weighted by Crippen LogP contribution is -2.28. The van der Waals surface area contributed by atoms with E-state index in [1.807, 2.05) is 12.1 Å². The lowest BCUT2D eigenvalue weighted by Gasteiger charge is -2.12. The number of aliphatic hydroxyl groups is 1. The first-order chi connectivity index (χ1) is 11.9. The Hall–Kier alpha value is -2.38. The van der Waals surface area contributed by atoms with Crippen molar-refractivity contribution in [3.63, 3.8) is 0 Å². The molecular formula is C18H20N2O4S. The fourth-order valence-corrected chi connectivity index (χ4v) is 3.02. The van der Waals surface area contributed by atoms with Crippen LogP contribution in [-0.2, 0) is 0 Å². The molecule has 0 bridgehead atoms. The number of nitro groups is 1. The molecule has 2 rings (SSSR count). The second-order valence-corrected chi connectivity index (χ2v) is 7.42. The lowest BCUT2D eigenvalue weighted by molar-refractivity contribution is -0.384. The van der Waals surface area contributed by atoms with Crippen LogP contribution in [0.2, 0.25) is 0 Å². The van der Waals surface area contributed by atoms with Crippen LogP contribution >= 0.6 is 11.8 Å². The quantitative estimate of drug-likeness (QED) is 0.447. The number of aliphatic hydroxyl groups excluding tert-OH is 1. The Bertz CT molecular complexity index is 730. The first-order valence-corrected chi connectivity index (χ1v) is 8.72. The maximum absolute atomic E-state index is 12.1. The molecule has 1 amide bonds. The highest BCUT2D eigenvalue weighted by Crippen LogP contribution is 2.23. The van der Waals surface area contributed by atoms with Crippen LogP contribution in [0.4, 0.5) is 5.69 Å². The number of hydrogen-bond acceptors (Lipinski definition) is 5. The average molecular weight is 360 g/mol. The van der Waals surface area contributed by atoms with Crippen LogP contribution < -0.4 is 5.32 Å². The number of benzene rings is 2.